The van der Waals surface area contributed by atoms with Gasteiger partial charge in [0.2, 0.25) is 6.29 Å². The second kappa shape index (κ2) is 9.94. The number of carbonyl (C=O) groups excluding carboxylic acids is 1. The first-order valence-electron chi connectivity index (χ1n) is 10.3. The number of nitrogens with one attached hydrogen (secondary N) is 1. The van der Waals surface area contributed by atoms with Gasteiger partial charge in [0.15, 0.2) is 5.76 Å². The molecule has 158 valence electrons. The van der Waals surface area contributed by atoms with Gasteiger partial charge in [-0.15, -0.1) is 0 Å². The summed E-state index contributed by atoms with van der Waals surface area (Å²) in [5.41, 5.74) is 3.01. The summed E-state index contributed by atoms with van der Waals surface area (Å²) >= 11 is 2.29. The number of aliphatic hydroxyl groups is 1. The zero-order valence-electron chi connectivity index (χ0n) is 16.7. The average Bonchev–Trinajstić information content (AvgIpc) is 3.61. The van der Waals surface area contributed by atoms with Crippen LogP contribution >= 0.6 is 22.6 Å². The molecule has 1 fully saturated rings. The molecular weight excluding hydrogens is 493 g/mol. The van der Waals surface area contributed by atoms with Crippen LogP contribution in [0.1, 0.15) is 41.9 Å². The lowest BCUT2D eigenvalue weighted by Gasteiger charge is -2.29. The van der Waals surface area contributed by atoms with Gasteiger partial charge in [-0.25, -0.2) is 0 Å². The molecule has 1 amide bonds. The first-order valence-corrected chi connectivity index (χ1v) is 11.4. The van der Waals surface area contributed by atoms with Crippen LogP contribution < -0.4 is 5.32 Å². The standard InChI is InChI=1S/C24H26INO4/c25-21-9-7-19(8-10-21)20-11-22(24(28)26-13-16-1-2-16)30-23(12-20)29-15-18-5-3-17(14-27)4-6-18/h3-11,16,20,23,27H,1-2,12-15H2,(H,26,28)/t20-,23+/m1/s1. The van der Waals surface area contributed by atoms with Gasteiger partial charge in [0.05, 0.1) is 13.2 Å². The van der Waals surface area contributed by atoms with Crippen molar-refractivity contribution in [2.24, 2.45) is 5.92 Å². The summed E-state index contributed by atoms with van der Waals surface area (Å²) in [7, 11) is 0. The molecule has 2 aromatic carbocycles. The smallest absolute Gasteiger partial charge is 0.286 e. The Bertz CT molecular complexity index is 890. The lowest BCUT2D eigenvalue weighted by molar-refractivity contribution is -0.150. The number of halogens is 1. The van der Waals surface area contributed by atoms with Gasteiger partial charge < -0.3 is 19.9 Å². The Morgan fingerprint density at radius 1 is 1.10 bits per heavy atom. The third kappa shape index (κ3) is 5.83. The predicted molar refractivity (Wildman–Crippen MR) is 122 cm³/mol. The molecule has 2 atom stereocenters. The van der Waals surface area contributed by atoms with E-state index in [1.165, 1.54) is 16.4 Å². The predicted octanol–water partition coefficient (Wildman–Crippen LogP) is 4.24. The van der Waals surface area contributed by atoms with E-state index in [-0.39, 0.29) is 18.4 Å². The molecule has 5 nitrogen and oxygen atoms in total. The molecule has 0 aromatic heterocycles. The minimum absolute atomic E-state index is 0.0225. The van der Waals surface area contributed by atoms with Crippen LogP contribution in [0.2, 0.25) is 0 Å². The van der Waals surface area contributed by atoms with E-state index in [1.807, 2.05) is 30.3 Å². The molecular formula is C24H26INO4. The molecule has 0 saturated heterocycles. The van der Waals surface area contributed by atoms with Crippen molar-refractivity contribution in [1.82, 2.24) is 5.32 Å². The first-order chi connectivity index (χ1) is 14.6. The van der Waals surface area contributed by atoms with Gasteiger partial charge in [0.1, 0.15) is 0 Å². The van der Waals surface area contributed by atoms with Crippen LogP contribution in [0.25, 0.3) is 0 Å². The zero-order chi connectivity index (χ0) is 20.9. The highest BCUT2D eigenvalue weighted by Crippen LogP contribution is 2.33. The minimum Gasteiger partial charge on any atom is -0.459 e. The molecule has 2 aromatic rings. The minimum atomic E-state index is -0.501. The molecule has 0 radical (unpaired) electrons. The Kier molecular flexibility index (Phi) is 7.07. The number of allylic oxidation sites excluding steroid dienone is 1. The maximum Gasteiger partial charge on any atom is 0.286 e. The zero-order valence-corrected chi connectivity index (χ0v) is 18.9. The molecule has 0 spiro atoms. The third-order valence-electron chi connectivity index (χ3n) is 5.47. The summed E-state index contributed by atoms with van der Waals surface area (Å²) < 4.78 is 13.1. The van der Waals surface area contributed by atoms with Gasteiger partial charge in [0.25, 0.3) is 5.91 Å². The Balaban J connectivity index is 1.45. The Morgan fingerprint density at radius 3 is 2.47 bits per heavy atom. The molecule has 4 rings (SSSR count). The van der Waals surface area contributed by atoms with Crippen molar-refractivity contribution in [3.05, 3.63) is 80.6 Å². The topological polar surface area (TPSA) is 67.8 Å². The number of ether oxygens (including phenoxy) is 2. The summed E-state index contributed by atoms with van der Waals surface area (Å²) in [5, 5.41) is 12.2. The lowest BCUT2D eigenvalue weighted by atomic mass is 9.93. The van der Waals surface area contributed by atoms with Crippen molar-refractivity contribution in [2.75, 3.05) is 6.54 Å². The molecule has 1 aliphatic heterocycles. The van der Waals surface area contributed by atoms with E-state index in [0.717, 1.165) is 16.7 Å². The van der Waals surface area contributed by atoms with Crippen molar-refractivity contribution < 1.29 is 19.4 Å². The fourth-order valence-electron chi connectivity index (χ4n) is 3.44. The molecule has 2 aliphatic rings. The lowest BCUT2D eigenvalue weighted by Crippen LogP contribution is -2.33. The molecule has 1 aliphatic carbocycles. The van der Waals surface area contributed by atoms with Gasteiger partial charge in [-0.2, -0.15) is 0 Å². The second-order valence-electron chi connectivity index (χ2n) is 7.91. The molecule has 0 bridgehead atoms. The van der Waals surface area contributed by atoms with E-state index >= 15 is 0 Å². The number of benzene rings is 2. The molecule has 6 heteroatoms. The third-order valence-corrected chi connectivity index (χ3v) is 6.19. The number of hydrogen-bond acceptors (Lipinski definition) is 4. The van der Waals surface area contributed by atoms with E-state index in [4.69, 9.17) is 9.47 Å². The van der Waals surface area contributed by atoms with Gasteiger partial charge >= 0.3 is 0 Å². The van der Waals surface area contributed by atoms with Crippen LogP contribution in [0.5, 0.6) is 0 Å². The van der Waals surface area contributed by atoms with E-state index < -0.39 is 6.29 Å². The molecule has 1 saturated carbocycles. The normalized spacial score (nSPS) is 20.9. The Morgan fingerprint density at radius 2 is 1.80 bits per heavy atom. The van der Waals surface area contributed by atoms with E-state index in [0.29, 0.717) is 31.2 Å². The number of carbonyl (C=O) groups is 1. The Hall–Kier alpha value is -1.90. The van der Waals surface area contributed by atoms with Crippen LogP contribution in [0.4, 0.5) is 0 Å². The highest BCUT2D eigenvalue weighted by molar-refractivity contribution is 14.1. The number of aliphatic hydroxyl groups excluding tert-OH is 1. The monoisotopic (exact) mass is 519 g/mol. The van der Waals surface area contributed by atoms with Crippen LogP contribution in [0, 0.1) is 9.49 Å². The number of amides is 1. The quantitative estimate of drug-likeness (QED) is 0.513. The number of hydrogen-bond donors (Lipinski definition) is 2. The van der Waals surface area contributed by atoms with E-state index in [1.54, 1.807) is 0 Å². The summed E-state index contributed by atoms with van der Waals surface area (Å²) in [5.74, 6) is 0.836. The maximum absolute atomic E-state index is 12.7. The van der Waals surface area contributed by atoms with Crippen molar-refractivity contribution >= 4 is 28.5 Å². The van der Waals surface area contributed by atoms with Crippen molar-refractivity contribution in [3.8, 4) is 0 Å². The molecule has 0 unspecified atom stereocenters. The van der Waals surface area contributed by atoms with Crippen LogP contribution in [0.3, 0.4) is 0 Å². The number of rotatable bonds is 8. The summed E-state index contributed by atoms with van der Waals surface area (Å²) in [6.07, 6.45) is 4.44. The maximum atomic E-state index is 12.7. The van der Waals surface area contributed by atoms with Crippen LogP contribution in [-0.2, 0) is 27.5 Å². The Labute approximate surface area is 190 Å². The van der Waals surface area contributed by atoms with Crippen molar-refractivity contribution in [1.29, 1.82) is 0 Å². The summed E-state index contributed by atoms with van der Waals surface area (Å²) in [6, 6.07) is 16.0. The van der Waals surface area contributed by atoms with Crippen molar-refractivity contribution in [3.63, 3.8) is 0 Å². The highest BCUT2D eigenvalue weighted by atomic mass is 127. The van der Waals surface area contributed by atoms with Gasteiger partial charge in [0, 0.05) is 22.5 Å². The van der Waals surface area contributed by atoms with Crippen LogP contribution in [-0.4, -0.2) is 23.8 Å². The first kappa shape index (κ1) is 21.3. The van der Waals surface area contributed by atoms with E-state index in [2.05, 4.69) is 52.2 Å². The highest BCUT2D eigenvalue weighted by Gasteiger charge is 2.30. The SMILES string of the molecule is O=C(NCC1CC1)C1=C[C@@H](c2ccc(I)cc2)C[C@@H](OCc2ccc(CO)cc2)O1. The molecule has 2 N–H and O–H groups in total. The fraction of sp³-hybridized carbons (Fsp3) is 0.375. The molecule has 30 heavy (non-hydrogen) atoms. The van der Waals surface area contributed by atoms with Gasteiger partial charge in [-0.3, -0.25) is 4.79 Å². The molecule has 1 heterocycles. The average molecular weight is 519 g/mol. The van der Waals surface area contributed by atoms with Crippen molar-refractivity contribution in [2.45, 2.75) is 44.7 Å². The largest absolute Gasteiger partial charge is 0.459 e. The van der Waals surface area contributed by atoms with Crippen LogP contribution in [0.15, 0.2) is 60.4 Å². The van der Waals surface area contributed by atoms with Gasteiger partial charge in [-0.05, 0) is 76.2 Å². The summed E-state index contributed by atoms with van der Waals surface area (Å²) in [6.45, 7) is 1.11. The summed E-state index contributed by atoms with van der Waals surface area (Å²) in [4.78, 5) is 12.7. The fourth-order valence-corrected chi connectivity index (χ4v) is 3.80. The second-order valence-corrected chi connectivity index (χ2v) is 9.16. The van der Waals surface area contributed by atoms with E-state index in [9.17, 15) is 9.90 Å². The van der Waals surface area contributed by atoms with Gasteiger partial charge in [-0.1, -0.05) is 36.4 Å².